The molecule has 5 heteroatoms. The van der Waals surface area contributed by atoms with E-state index in [-0.39, 0.29) is 18.0 Å². The summed E-state index contributed by atoms with van der Waals surface area (Å²) in [4.78, 5) is 30.5. The minimum Gasteiger partial charge on any atom is -0.310 e. The summed E-state index contributed by atoms with van der Waals surface area (Å²) in [5, 5.41) is 0. The van der Waals surface area contributed by atoms with Gasteiger partial charge < -0.3 is 4.90 Å². The van der Waals surface area contributed by atoms with Gasteiger partial charge in [0.25, 0.3) is 5.56 Å². The first kappa shape index (κ1) is 14.5. The lowest BCUT2D eigenvalue weighted by molar-refractivity contribution is -0.119. The Kier molecular flexibility index (Phi) is 4.04. The number of carbonyl (C=O) groups is 1. The van der Waals surface area contributed by atoms with Crippen LogP contribution in [0.2, 0.25) is 0 Å². The molecule has 0 spiro atoms. The standard InChI is InChI=1S/C17H19N3O2/c1-2-5-14-10-16(21)19(12-18-14)11-17(22)20-9-8-13-6-3-4-7-15(13)20/h3-4,6-7,10,12H,2,5,8-9,11H2,1H3. The summed E-state index contributed by atoms with van der Waals surface area (Å²) in [6.45, 7) is 2.75. The minimum absolute atomic E-state index is 0.0343. The number of carbonyl (C=O) groups excluding carboxylic acids is 1. The van der Waals surface area contributed by atoms with Crippen LogP contribution < -0.4 is 10.5 Å². The SMILES string of the molecule is CCCc1cc(=O)n(CC(=O)N2CCc3ccccc32)cn1. The van der Waals surface area contributed by atoms with Crippen molar-refractivity contribution < 1.29 is 4.79 Å². The number of benzene rings is 1. The molecule has 22 heavy (non-hydrogen) atoms. The Balaban J connectivity index is 1.77. The van der Waals surface area contributed by atoms with Crippen LogP contribution in [0.3, 0.4) is 0 Å². The van der Waals surface area contributed by atoms with Gasteiger partial charge in [-0.1, -0.05) is 31.5 Å². The van der Waals surface area contributed by atoms with Gasteiger partial charge in [-0.25, -0.2) is 4.98 Å². The lowest BCUT2D eigenvalue weighted by atomic mass is 10.2. The Morgan fingerprint density at radius 1 is 1.32 bits per heavy atom. The molecule has 0 unspecified atom stereocenters. The van der Waals surface area contributed by atoms with Crippen molar-refractivity contribution in [3.05, 3.63) is 58.3 Å². The molecule has 1 amide bonds. The molecule has 0 fully saturated rings. The molecule has 0 radical (unpaired) electrons. The van der Waals surface area contributed by atoms with Crippen LogP contribution in [0.1, 0.15) is 24.6 Å². The van der Waals surface area contributed by atoms with Gasteiger partial charge in [0.15, 0.2) is 0 Å². The van der Waals surface area contributed by atoms with Crippen molar-refractivity contribution in [2.75, 3.05) is 11.4 Å². The van der Waals surface area contributed by atoms with E-state index in [9.17, 15) is 9.59 Å². The van der Waals surface area contributed by atoms with Crippen molar-refractivity contribution in [3.8, 4) is 0 Å². The number of hydrogen-bond donors (Lipinski definition) is 0. The number of para-hydroxylation sites is 1. The van der Waals surface area contributed by atoms with Crippen LogP contribution in [0.15, 0.2) is 41.5 Å². The molecule has 2 heterocycles. The van der Waals surface area contributed by atoms with Gasteiger partial charge in [-0.05, 0) is 24.5 Å². The number of aryl methyl sites for hydroxylation is 1. The van der Waals surface area contributed by atoms with E-state index in [0.717, 1.165) is 30.6 Å². The molecule has 0 saturated heterocycles. The van der Waals surface area contributed by atoms with Gasteiger partial charge in [0, 0.05) is 24.0 Å². The number of amides is 1. The molecular formula is C17H19N3O2. The summed E-state index contributed by atoms with van der Waals surface area (Å²) in [6.07, 6.45) is 4.07. The zero-order chi connectivity index (χ0) is 15.5. The van der Waals surface area contributed by atoms with Gasteiger partial charge in [0.2, 0.25) is 5.91 Å². The predicted octanol–water partition coefficient (Wildman–Crippen LogP) is 1.79. The summed E-state index contributed by atoms with van der Waals surface area (Å²) in [5.41, 5.74) is 2.75. The van der Waals surface area contributed by atoms with Gasteiger partial charge in [-0.2, -0.15) is 0 Å². The predicted molar refractivity (Wildman–Crippen MR) is 85.0 cm³/mol. The maximum atomic E-state index is 12.5. The molecule has 114 valence electrons. The quantitative estimate of drug-likeness (QED) is 0.864. The van der Waals surface area contributed by atoms with E-state index in [1.807, 2.05) is 31.2 Å². The third-order valence-corrected chi connectivity index (χ3v) is 3.94. The van der Waals surface area contributed by atoms with Gasteiger partial charge in [0.1, 0.15) is 6.54 Å². The Morgan fingerprint density at radius 3 is 2.91 bits per heavy atom. The van der Waals surface area contributed by atoms with Crippen LogP contribution in [-0.2, 0) is 24.2 Å². The number of nitrogens with zero attached hydrogens (tertiary/aromatic N) is 3. The number of aromatic nitrogens is 2. The highest BCUT2D eigenvalue weighted by atomic mass is 16.2. The van der Waals surface area contributed by atoms with E-state index >= 15 is 0 Å². The van der Waals surface area contributed by atoms with E-state index in [1.165, 1.54) is 22.5 Å². The Bertz CT molecular complexity index is 752. The fourth-order valence-electron chi connectivity index (χ4n) is 2.80. The minimum atomic E-state index is -0.167. The molecule has 2 aromatic rings. The summed E-state index contributed by atoms with van der Waals surface area (Å²) >= 11 is 0. The first-order chi connectivity index (χ1) is 10.7. The molecule has 3 rings (SSSR count). The topological polar surface area (TPSA) is 55.2 Å². The molecular weight excluding hydrogens is 278 g/mol. The zero-order valence-corrected chi connectivity index (χ0v) is 12.7. The highest BCUT2D eigenvalue weighted by molar-refractivity contribution is 5.95. The molecule has 0 saturated carbocycles. The third kappa shape index (κ3) is 2.79. The van der Waals surface area contributed by atoms with Crippen molar-refractivity contribution in [3.63, 3.8) is 0 Å². The van der Waals surface area contributed by atoms with E-state index in [0.29, 0.717) is 6.54 Å². The number of fused-ring (bicyclic) bond motifs is 1. The van der Waals surface area contributed by atoms with Crippen molar-refractivity contribution >= 4 is 11.6 Å². The normalized spacial score (nSPS) is 13.2. The van der Waals surface area contributed by atoms with Crippen LogP contribution in [0.4, 0.5) is 5.69 Å². The first-order valence-corrected chi connectivity index (χ1v) is 7.62. The highest BCUT2D eigenvalue weighted by Crippen LogP contribution is 2.27. The van der Waals surface area contributed by atoms with Gasteiger partial charge in [-0.15, -0.1) is 0 Å². The third-order valence-electron chi connectivity index (χ3n) is 3.94. The second kappa shape index (κ2) is 6.13. The lowest BCUT2D eigenvalue weighted by Gasteiger charge is -2.17. The van der Waals surface area contributed by atoms with Crippen LogP contribution in [0.25, 0.3) is 0 Å². The molecule has 1 aromatic carbocycles. The highest BCUT2D eigenvalue weighted by Gasteiger charge is 2.24. The Labute approximate surface area is 129 Å². The van der Waals surface area contributed by atoms with Crippen LogP contribution in [-0.4, -0.2) is 22.0 Å². The van der Waals surface area contributed by atoms with Gasteiger partial charge in [-0.3, -0.25) is 14.2 Å². The fraction of sp³-hybridized carbons (Fsp3) is 0.353. The van der Waals surface area contributed by atoms with E-state index in [1.54, 1.807) is 4.90 Å². The van der Waals surface area contributed by atoms with Gasteiger partial charge in [0.05, 0.1) is 6.33 Å². The van der Waals surface area contributed by atoms with E-state index < -0.39 is 0 Å². The van der Waals surface area contributed by atoms with E-state index in [2.05, 4.69) is 4.98 Å². The summed E-state index contributed by atoms with van der Waals surface area (Å²) in [6, 6.07) is 9.42. The molecule has 1 aliphatic heterocycles. The molecule has 0 atom stereocenters. The van der Waals surface area contributed by atoms with Crippen LogP contribution in [0, 0.1) is 0 Å². The average Bonchev–Trinajstić information content (AvgIpc) is 2.94. The maximum absolute atomic E-state index is 12.5. The number of anilines is 1. The second-order valence-electron chi connectivity index (χ2n) is 5.52. The second-order valence-corrected chi connectivity index (χ2v) is 5.52. The van der Waals surface area contributed by atoms with Crippen molar-refractivity contribution in [2.45, 2.75) is 32.7 Å². The largest absolute Gasteiger partial charge is 0.310 e. The van der Waals surface area contributed by atoms with Crippen molar-refractivity contribution in [1.29, 1.82) is 0 Å². The van der Waals surface area contributed by atoms with Gasteiger partial charge >= 0.3 is 0 Å². The van der Waals surface area contributed by atoms with Crippen molar-refractivity contribution in [1.82, 2.24) is 9.55 Å². The lowest BCUT2D eigenvalue weighted by Crippen LogP contribution is -2.35. The smallest absolute Gasteiger partial charge is 0.253 e. The number of rotatable bonds is 4. The summed E-state index contributed by atoms with van der Waals surface area (Å²) in [5.74, 6) is -0.0721. The Hall–Kier alpha value is -2.43. The maximum Gasteiger partial charge on any atom is 0.253 e. The average molecular weight is 297 g/mol. The zero-order valence-electron chi connectivity index (χ0n) is 12.7. The first-order valence-electron chi connectivity index (χ1n) is 7.62. The molecule has 1 aromatic heterocycles. The summed E-state index contributed by atoms with van der Waals surface area (Å²) in [7, 11) is 0. The fourth-order valence-corrected chi connectivity index (χ4v) is 2.80. The van der Waals surface area contributed by atoms with Crippen LogP contribution in [0.5, 0.6) is 0 Å². The molecule has 0 N–H and O–H groups in total. The molecule has 0 bridgehead atoms. The van der Waals surface area contributed by atoms with E-state index in [4.69, 9.17) is 0 Å². The molecule has 0 aliphatic carbocycles. The molecule has 5 nitrogen and oxygen atoms in total. The monoisotopic (exact) mass is 297 g/mol. The Morgan fingerprint density at radius 2 is 2.14 bits per heavy atom. The summed E-state index contributed by atoms with van der Waals surface area (Å²) < 4.78 is 1.38. The van der Waals surface area contributed by atoms with Crippen molar-refractivity contribution in [2.24, 2.45) is 0 Å². The molecule has 1 aliphatic rings. The number of hydrogen-bond acceptors (Lipinski definition) is 3. The van der Waals surface area contributed by atoms with Crippen LogP contribution >= 0.6 is 0 Å².